The minimum Gasteiger partial charge on any atom is -0.485 e. The molecule has 0 spiro atoms. The van der Waals surface area contributed by atoms with Gasteiger partial charge in [-0.15, -0.1) is 0 Å². The van der Waals surface area contributed by atoms with E-state index in [-0.39, 0.29) is 23.0 Å². The minimum atomic E-state index is -0.753. The van der Waals surface area contributed by atoms with E-state index < -0.39 is 12.1 Å². The Morgan fingerprint density at radius 1 is 1.21 bits per heavy atom. The monoisotopic (exact) mass is 366 g/mol. The average Bonchev–Trinajstić information content (AvgIpc) is 2.59. The van der Waals surface area contributed by atoms with Crippen molar-refractivity contribution in [2.45, 2.75) is 6.10 Å². The molecule has 0 fully saturated rings. The fourth-order valence-electron chi connectivity index (χ4n) is 2.02. The van der Waals surface area contributed by atoms with Crippen LogP contribution >= 0.6 is 23.2 Å². The highest BCUT2D eigenvalue weighted by Gasteiger charge is 2.25. The number of oxime groups is 1. The molecular formula is C16H12Cl2N2O4. The second-order valence-corrected chi connectivity index (χ2v) is 5.73. The molecule has 2 N–H and O–H groups in total. The first-order valence-corrected chi connectivity index (χ1v) is 7.68. The molecule has 8 heteroatoms. The number of ether oxygens (including phenoxy) is 2. The lowest BCUT2D eigenvalue weighted by molar-refractivity contribution is 0.0504. The van der Waals surface area contributed by atoms with Crippen LogP contribution in [0, 0.1) is 0 Å². The van der Waals surface area contributed by atoms with Crippen LogP contribution in [0.4, 0.5) is 0 Å². The van der Waals surface area contributed by atoms with Crippen LogP contribution in [0.15, 0.2) is 47.6 Å². The van der Waals surface area contributed by atoms with Crippen LogP contribution in [0.25, 0.3) is 0 Å². The lowest BCUT2D eigenvalue weighted by Gasteiger charge is -2.25. The number of hydrogen-bond donors (Lipinski definition) is 1. The van der Waals surface area contributed by atoms with Gasteiger partial charge < -0.3 is 20.0 Å². The molecule has 0 radical (unpaired) electrons. The van der Waals surface area contributed by atoms with Gasteiger partial charge in [0.25, 0.3) is 0 Å². The number of fused-ring (bicyclic) bond motifs is 1. The highest BCUT2D eigenvalue weighted by Crippen LogP contribution is 2.30. The van der Waals surface area contributed by atoms with Gasteiger partial charge in [0.2, 0.25) is 0 Å². The minimum absolute atomic E-state index is 0.0251. The van der Waals surface area contributed by atoms with E-state index in [0.29, 0.717) is 16.5 Å². The molecular weight excluding hydrogens is 355 g/mol. The number of hydrogen-bond acceptors (Lipinski definition) is 5. The van der Waals surface area contributed by atoms with E-state index in [9.17, 15) is 4.79 Å². The van der Waals surface area contributed by atoms with Gasteiger partial charge in [-0.05, 0) is 30.3 Å². The maximum Gasteiger partial charge on any atom is 0.367 e. The highest BCUT2D eigenvalue weighted by atomic mass is 35.5. The van der Waals surface area contributed by atoms with E-state index in [0.717, 1.165) is 0 Å². The number of rotatable bonds is 3. The molecule has 3 rings (SSSR count). The Morgan fingerprint density at radius 3 is 2.71 bits per heavy atom. The van der Waals surface area contributed by atoms with Gasteiger partial charge in [0.15, 0.2) is 23.4 Å². The van der Waals surface area contributed by atoms with Crippen LogP contribution < -0.4 is 15.2 Å². The topological polar surface area (TPSA) is 83.1 Å². The standard InChI is InChI=1S/C16H12Cl2N2O4/c17-9-5-6-10(11(18)7-9)16(21)24-20-15(19)14-8-22-12-3-1-2-4-13(12)23-14/h1-7,14H,8H2,(H2,19,20). The second-order valence-electron chi connectivity index (χ2n) is 4.88. The number of nitrogens with two attached hydrogens (primary N) is 1. The molecule has 1 aliphatic heterocycles. The van der Waals surface area contributed by atoms with Crippen molar-refractivity contribution in [1.29, 1.82) is 0 Å². The number of amidine groups is 1. The lowest BCUT2D eigenvalue weighted by Crippen LogP contribution is -2.41. The number of para-hydroxylation sites is 2. The maximum absolute atomic E-state index is 12.0. The summed E-state index contributed by atoms with van der Waals surface area (Å²) in [7, 11) is 0. The summed E-state index contributed by atoms with van der Waals surface area (Å²) < 4.78 is 11.2. The van der Waals surface area contributed by atoms with Crippen LogP contribution in [0.5, 0.6) is 11.5 Å². The Morgan fingerprint density at radius 2 is 1.96 bits per heavy atom. The molecule has 6 nitrogen and oxygen atoms in total. The Hall–Kier alpha value is -2.44. The summed E-state index contributed by atoms with van der Waals surface area (Å²) in [6.45, 7) is 0.158. The molecule has 0 saturated carbocycles. The van der Waals surface area contributed by atoms with Gasteiger partial charge in [-0.25, -0.2) is 4.79 Å². The summed E-state index contributed by atoms with van der Waals surface area (Å²) in [5.74, 6) is 0.380. The molecule has 0 aliphatic carbocycles. The zero-order valence-electron chi connectivity index (χ0n) is 12.2. The van der Waals surface area contributed by atoms with E-state index >= 15 is 0 Å². The smallest absolute Gasteiger partial charge is 0.367 e. The predicted octanol–water partition coefficient (Wildman–Crippen LogP) is 3.26. The zero-order valence-corrected chi connectivity index (χ0v) is 13.8. The van der Waals surface area contributed by atoms with Crippen molar-refractivity contribution in [1.82, 2.24) is 0 Å². The Bertz CT molecular complexity index is 810. The Labute approximate surface area is 147 Å². The van der Waals surface area contributed by atoms with Crippen molar-refractivity contribution in [3.63, 3.8) is 0 Å². The maximum atomic E-state index is 12.0. The van der Waals surface area contributed by atoms with Gasteiger partial charge in [-0.1, -0.05) is 40.5 Å². The van der Waals surface area contributed by atoms with E-state index in [1.54, 1.807) is 18.2 Å². The molecule has 24 heavy (non-hydrogen) atoms. The molecule has 1 atom stereocenters. The van der Waals surface area contributed by atoms with Gasteiger partial charge in [0.05, 0.1) is 10.6 Å². The molecule has 124 valence electrons. The SMILES string of the molecule is N/C(=N\OC(=O)c1ccc(Cl)cc1Cl)C1COc2ccccc2O1. The van der Waals surface area contributed by atoms with Gasteiger partial charge in [0.1, 0.15) is 6.61 Å². The highest BCUT2D eigenvalue weighted by molar-refractivity contribution is 6.36. The van der Waals surface area contributed by atoms with Gasteiger partial charge in [-0.3, -0.25) is 0 Å². The number of carbonyl (C=O) groups is 1. The van der Waals surface area contributed by atoms with Crippen molar-refractivity contribution in [2.24, 2.45) is 10.9 Å². The van der Waals surface area contributed by atoms with Crippen molar-refractivity contribution in [3.8, 4) is 11.5 Å². The molecule has 2 aromatic rings. The van der Waals surface area contributed by atoms with E-state index in [1.807, 2.05) is 6.07 Å². The largest absolute Gasteiger partial charge is 0.485 e. The summed E-state index contributed by atoms with van der Waals surface area (Å²) in [5, 5.41) is 4.18. The Kier molecular flexibility index (Phi) is 4.78. The Balaban J connectivity index is 1.67. The molecule has 0 saturated heterocycles. The quantitative estimate of drug-likeness (QED) is 0.390. The summed E-state index contributed by atoms with van der Waals surface area (Å²) in [6, 6.07) is 11.6. The summed E-state index contributed by atoms with van der Waals surface area (Å²) >= 11 is 11.7. The van der Waals surface area contributed by atoms with Crippen molar-refractivity contribution in [2.75, 3.05) is 6.61 Å². The van der Waals surface area contributed by atoms with Crippen molar-refractivity contribution in [3.05, 3.63) is 58.1 Å². The van der Waals surface area contributed by atoms with Crippen molar-refractivity contribution >= 4 is 35.0 Å². The van der Waals surface area contributed by atoms with E-state index in [2.05, 4.69) is 5.16 Å². The normalized spacial score (nSPS) is 16.6. The van der Waals surface area contributed by atoms with Crippen molar-refractivity contribution < 1.29 is 19.1 Å². The first kappa shape index (κ1) is 16.4. The van der Waals surface area contributed by atoms with Gasteiger partial charge >= 0.3 is 5.97 Å². The van der Waals surface area contributed by atoms with Crippen LogP contribution in [-0.4, -0.2) is 24.5 Å². The second kappa shape index (κ2) is 6.98. The predicted molar refractivity (Wildman–Crippen MR) is 89.9 cm³/mol. The molecule has 1 aliphatic rings. The molecule has 1 unspecified atom stereocenters. The third kappa shape index (κ3) is 3.55. The number of benzene rings is 2. The molecule has 1 heterocycles. The summed E-state index contributed by atoms with van der Waals surface area (Å²) in [6.07, 6.45) is -0.659. The number of halogens is 2. The summed E-state index contributed by atoms with van der Waals surface area (Å²) in [5.41, 5.74) is 5.94. The van der Waals surface area contributed by atoms with Gasteiger partial charge in [0, 0.05) is 5.02 Å². The fraction of sp³-hybridized carbons (Fsp3) is 0.125. The number of nitrogens with zero attached hydrogens (tertiary/aromatic N) is 1. The first-order chi connectivity index (χ1) is 11.5. The molecule has 0 aromatic heterocycles. The third-order valence-electron chi connectivity index (χ3n) is 3.22. The van der Waals surface area contributed by atoms with Crippen LogP contribution in [0.1, 0.15) is 10.4 Å². The lowest BCUT2D eigenvalue weighted by atomic mass is 10.2. The van der Waals surface area contributed by atoms with Crippen LogP contribution in [0.2, 0.25) is 10.0 Å². The fourth-order valence-corrected chi connectivity index (χ4v) is 2.51. The molecule has 2 aromatic carbocycles. The summed E-state index contributed by atoms with van der Waals surface area (Å²) in [4.78, 5) is 16.8. The van der Waals surface area contributed by atoms with Crippen LogP contribution in [-0.2, 0) is 4.84 Å². The molecule has 0 amide bonds. The van der Waals surface area contributed by atoms with Crippen LogP contribution in [0.3, 0.4) is 0 Å². The third-order valence-corrected chi connectivity index (χ3v) is 3.77. The number of carbonyl (C=O) groups excluding carboxylic acids is 1. The molecule has 0 bridgehead atoms. The van der Waals surface area contributed by atoms with Gasteiger partial charge in [-0.2, -0.15) is 0 Å². The first-order valence-electron chi connectivity index (χ1n) is 6.93. The van der Waals surface area contributed by atoms with E-state index in [4.69, 9.17) is 43.2 Å². The average molecular weight is 367 g/mol. The van der Waals surface area contributed by atoms with E-state index in [1.165, 1.54) is 18.2 Å². The zero-order chi connectivity index (χ0) is 17.1.